The van der Waals surface area contributed by atoms with Gasteiger partial charge in [-0.15, -0.1) is 0 Å². The number of anilines is 1. The van der Waals surface area contributed by atoms with Crippen molar-refractivity contribution in [2.24, 2.45) is 0 Å². The van der Waals surface area contributed by atoms with Crippen molar-refractivity contribution in [3.63, 3.8) is 0 Å². The van der Waals surface area contributed by atoms with Gasteiger partial charge in [0.25, 0.3) is 0 Å². The predicted octanol–water partition coefficient (Wildman–Crippen LogP) is 4.15. The first-order chi connectivity index (χ1) is 15.7. The van der Waals surface area contributed by atoms with Crippen molar-refractivity contribution in [2.75, 3.05) is 23.7 Å². The normalized spacial score (nSPS) is 15.8. The van der Waals surface area contributed by atoms with Gasteiger partial charge in [-0.3, -0.25) is 14.0 Å². The maximum Gasteiger partial charge on any atom is 0.244 e. The summed E-state index contributed by atoms with van der Waals surface area (Å²) in [5.41, 5.74) is 4.85. The van der Waals surface area contributed by atoms with Gasteiger partial charge < -0.3 is 5.32 Å². The third kappa shape index (κ3) is 6.81. The molecule has 1 amide bonds. The Hall–Kier alpha value is -2.38. The highest BCUT2D eigenvalue weighted by molar-refractivity contribution is 7.92. The van der Waals surface area contributed by atoms with Crippen LogP contribution in [0.15, 0.2) is 42.5 Å². The molecule has 2 aromatic carbocycles. The van der Waals surface area contributed by atoms with E-state index in [-0.39, 0.29) is 5.91 Å². The lowest BCUT2D eigenvalue weighted by Gasteiger charge is -2.30. The molecule has 1 saturated heterocycles. The first-order valence-electron chi connectivity index (χ1n) is 11.8. The van der Waals surface area contributed by atoms with Crippen LogP contribution < -0.4 is 9.62 Å². The van der Waals surface area contributed by atoms with Crippen LogP contribution in [0.25, 0.3) is 0 Å². The Bertz CT molecular complexity index is 1040. The zero-order valence-electron chi connectivity index (χ0n) is 20.3. The van der Waals surface area contributed by atoms with Crippen molar-refractivity contribution in [1.29, 1.82) is 0 Å². The number of benzene rings is 2. The molecule has 0 spiro atoms. The molecule has 1 N–H and O–H groups in total. The average molecular weight is 472 g/mol. The van der Waals surface area contributed by atoms with E-state index in [1.54, 1.807) is 6.07 Å². The maximum absolute atomic E-state index is 13.1. The van der Waals surface area contributed by atoms with Crippen LogP contribution in [0.5, 0.6) is 0 Å². The molecule has 0 aromatic heterocycles. The fourth-order valence-electron chi connectivity index (χ4n) is 4.37. The van der Waals surface area contributed by atoms with Crippen molar-refractivity contribution in [3.8, 4) is 0 Å². The topological polar surface area (TPSA) is 69.7 Å². The van der Waals surface area contributed by atoms with Gasteiger partial charge in [-0.2, -0.15) is 0 Å². The molecule has 0 aliphatic carbocycles. The van der Waals surface area contributed by atoms with E-state index >= 15 is 0 Å². The average Bonchev–Trinajstić information content (AvgIpc) is 2.78. The van der Waals surface area contributed by atoms with E-state index in [1.165, 1.54) is 29.1 Å². The number of carbonyl (C=O) groups excluding carboxylic acids is 1. The molecule has 0 unspecified atom stereocenters. The van der Waals surface area contributed by atoms with Crippen LogP contribution in [0.3, 0.4) is 0 Å². The summed E-state index contributed by atoms with van der Waals surface area (Å²) in [7, 11) is -3.64. The van der Waals surface area contributed by atoms with Gasteiger partial charge in [0.2, 0.25) is 15.9 Å². The number of hydrogen-bond donors (Lipinski definition) is 1. The molecular formula is C26H37N3O3S. The highest BCUT2D eigenvalue weighted by Crippen LogP contribution is 2.25. The number of hydrogen-bond acceptors (Lipinski definition) is 4. The largest absolute Gasteiger partial charge is 0.350 e. The summed E-state index contributed by atoms with van der Waals surface area (Å²) in [5, 5.41) is 2.94. The van der Waals surface area contributed by atoms with Gasteiger partial charge in [0.05, 0.1) is 11.9 Å². The van der Waals surface area contributed by atoms with Crippen molar-refractivity contribution < 1.29 is 13.2 Å². The Kier molecular flexibility index (Phi) is 8.54. The monoisotopic (exact) mass is 471 g/mol. The van der Waals surface area contributed by atoms with Crippen LogP contribution in [-0.4, -0.2) is 44.6 Å². The second kappa shape index (κ2) is 11.2. The van der Waals surface area contributed by atoms with E-state index in [1.807, 2.05) is 45.0 Å². The molecule has 1 heterocycles. The first kappa shape index (κ1) is 25.2. The van der Waals surface area contributed by atoms with Gasteiger partial charge >= 0.3 is 0 Å². The van der Waals surface area contributed by atoms with E-state index in [4.69, 9.17) is 0 Å². The van der Waals surface area contributed by atoms with Crippen molar-refractivity contribution in [2.45, 2.75) is 65.6 Å². The molecule has 1 fully saturated rings. The molecular weight excluding hydrogens is 434 g/mol. The summed E-state index contributed by atoms with van der Waals surface area (Å²) < 4.78 is 26.5. The molecule has 6 nitrogen and oxygen atoms in total. The van der Waals surface area contributed by atoms with Gasteiger partial charge in [0, 0.05) is 13.1 Å². The zero-order valence-corrected chi connectivity index (χ0v) is 21.1. The summed E-state index contributed by atoms with van der Waals surface area (Å²) in [6.07, 6.45) is 5.40. The smallest absolute Gasteiger partial charge is 0.244 e. The van der Waals surface area contributed by atoms with Gasteiger partial charge in [-0.05, 0) is 80.6 Å². The second-order valence-electron chi connectivity index (χ2n) is 9.12. The number of nitrogens with one attached hydrogen (secondary N) is 1. The number of nitrogens with zero attached hydrogens (tertiary/aromatic N) is 2. The fraction of sp³-hybridized carbons (Fsp3) is 0.500. The standard InChI is InChI=1S/C26H37N3O3S/c1-5-25(29(33(4,31)32)24-14-9-20(2)21(3)17-24)26(30)27-18-22-10-12-23(13-11-22)19-28-15-7-6-8-16-28/h9-14,17,25H,5-8,15-16,18-19H2,1-4H3,(H,27,30)/t25-/m1/s1. The Morgan fingerprint density at radius 3 is 2.21 bits per heavy atom. The Labute approximate surface area is 199 Å². The second-order valence-corrected chi connectivity index (χ2v) is 11.0. The van der Waals surface area contributed by atoms with Gasteiger partial charge in [0.1, 0.15) is 6.04 Å². The van der Waals surface area contributed by atoms with Crippen LogP contribution in [0, 0.1) is 13.8 Å². The minimum atomic E-state index is -3.64. The summed E-state index contributed by atoms with van der Waals surface area (Å²) >= 11 is 0. The molecule has 7 heteroatoms. The van der Waals surface area contributed by atoms with Crippen molar-refractivity contribution in [3.05, 3.63) is 64.7 Å². The number of rotatable bonds is 9. The molecule has 2 aromatic rings. The number of sulfonamides is 1. The Morgan fingerprint density at radius 2 is 1.64 bits per heavy atom. The summed E-state index contributed by atoms with van der Waals surface area (Å²) in [6.45, 7) is 9.40. The fourth-order valence-corrected chi connectivity index (χ4v) is 5.57. The van der Waals surface area contributed by atoms with Crippen LogP contribution in [0.4, 0.5) is 5.69 Å². The van der Waals surface area contributed by atoms with Crippen LogP contribution in [0.2, 0.25) is 0 Å². The lowest BCUT2D eigenvalue weighted by Crippen LogP contribution is -2.49. The predicted molar refractivity (Wildman–Crippen MR) is 135 cm³/mol. The molecule has 180 valence electrons. The maximum atomic E-state index is 13.1. The van der Waals surface area contributed by atoms with Crippen LogP contribution in [-0.2, 0) is 27.9 Å². The van der Waals surface area contributed by atoms with E-state index in [9.17, 15) is 13.2 Å². The SMILES string of the molecule is CC[C@H](C(=O)NCc1ccc(CN2CCCCC2)cc1)N(c1ccc(C)c(C)c1)S(C)(=O)=O. The molecule has 3 rings (SSSR count). The molecule has 1 aliphatic heterocycles. The molecule has 0 bridgehead atoms. The van der Waals surface area contributed by atoms with Gasteiger partial charge in [-0.25, -0.2) is 8.42 Å². The first-order valence-corrected chi connectivity index (χ1v) is 13.7. The van der Waals surface area contributed by atoms with Crippen LogP contribution >= 0.6 is 0 Å². The number of aryl methyl sites for hydroxylation is 2. The summed E-state index contributed by atoms with van der Waals surface area (Å²) in [6, 6.07) is 13.0. The zero-order chi connectivity index (χ0) is 24.0. The quantitative estimate of drug-likeness (QED) is 0.597. The van der Waals surface area contributed by atoms with Gasteiger partial charge in [0.15, 0.2) is 0 Å². The number of likely N-dealkylation sites (tertiary alicyclic amines) is 1. The van der Waals surface area contributed by atoms with Crippen molar-refractivity contribution in [1.82, 2.24) is 10.2 Å². The highest BCUT2D eigenvalue weighted by atomic mass is 32.2. The molecule has 0 saturated carbocycles. The van der Waals surface area contributed by atoms with E-state index in [2.05, 4.69) is 22.3 Å². The summed E-state index contributed by atoms with van der Waals surface area (Å²) in [5.74, 6) is -0.293. The van der Waals surface area contributed by atoms with E-state index < -0.39 is 16.1 Å². The third-order valence-corrected chi connectivity index (χ3v) is 7.60. The van der Waals surface area contributed by atoms with Crippen molar-refractivity contribution >= 4 is 21.6 Å². The Morgan fingerprint density at radius 1 is 1.00 bits per heavy atom. The van der Waals surface area contributed by atoms with E-state index in [0.29, 0.717) is 18.7 Å². The molecule has 0 radical (unpaired) electrons. The lowest BCUT2D eigenvalue weighted by molar-refractivity contribution is -0.122. The lowest BCUT2D eigenvalue weighted by atomic mass is 10.1. The summed E-state index contributed by atoms with van der Waals surface area (Å²) in [4.78, 5) is 15.6. The number of piperidine rings is 1. The molecule has 1 atom stereocenters. The molecule has 1 aliphatic rings. The van der Waals surface area contributed by atoms with E-state index in [0.717, 1.165) is 42.6 Å². The van der Waals surface area contributed by atoms with Crippen LogP contribution in [0.1, 0.15) is 54.9 Å². The highest BCUT2D eigenvalue weighted by Gasteiger charge is 2.31. The minimum Gasteiger partial charge on any atom is -0.350 e. The minimum absolute atomic E-state index is 0.293. The number of carbonyl (C=O) groups is 1. The number of amides is 1. The third-order valence-electron chi connectivity index (χ3n) is 6.42. The molecule has 33 heavy (non-hydrogen) atoms. The van der Waals surface area contributed by atoms with Gasteiger partial charge in [-0.1, -0.05) is 43.7 Å². The Balaban J connectivity index is 1.67.